The van der Waals surface area contributed by atoms with Crippen LogP contribution in [0.15, 0.2) is 0 Å². The maximum Gasteiger partial charge on any atom is 0.221 e. The molecule has 118 valence electrons. The molecule has 1 saturated heterocycles. The molecule has 1 amide bonds. The second kappa shape index (κ2) is 11.1. The van der Waals surface area contributed by atoms with Crippen LogP contribution in [0.4, 0.5) is 0 Å². The molecule has 0 saturated carbocycles. The molecule has 3 N–H and O–H groups in total. The van der Waals surface area contributed by atoms with Crippen LogP contribution in [0.5, 0.6) is 0 Å². The van der Waals surface area contributed by atoms with Gasteiger partial charge in [0.15, 0.2) is 0 Å². The number of amides is 1. The summed E-state index contributed by atoms with van der Waals surface area (Å²) < 4.78 is 4.89. The highest BCUT2D eigenvalue weighted by atomic mass is 16.5. The molecule has 1 fully saturated rings. The average molecular weight is 285 g/mol. The zero-order valence-electron chi connectivity index (χ0n) is 13.0. The van der Waals surface area contributed by atoms with Crippen LogP contribution in [0, 0.1) is 0 Å². The van der Waals surface area contributed by atoms with Gasteiger partial charge in [0.2, 0.25) is 5.91 Å². The summed E-state index contributed by atoms with van der Waals surface area (Å²) in [6.45, 7) is 5.27. The van der Waals surface area contributed by atoms with Crippen LogP contribution < -0.4 is 16.0 Å². The molecule has 2 unspecified atom stereocenters. The predicted octanol–water partition coefficient (Wildman–Crippen LogP) is 1.04. The van der Waals surface area contributed by atoms with Gasteiger partial charge in [0.25, 0.3) is 0 Å². The van der Waals surface area contributed by atoms with Gasteiger partial charge in [-0.05, 0) is 32.7 Å². The predicted molar refractivity (Wildman–Crippen MR) is 81.8 cm³/mol. The third-order valence-electron chi connectivity index (χ3n) is 3.77. The summed E-state index contributed by atoms with van der Waals surface area (Å²) in [6.07, 6.45) is 6.96. The summed E-state index contributed by atoms with van der Waals surface area (Å²) in [6, 6.07) is 1.09. The SMILES string of the molecule is COCCNC(=O)CCNC(C)CC1CCCCCN1. The Hall–Kier alpha value is -0.650. The molecule has 0 bridgehead atoms. The molecule has 0 aromatic rings. The number of hydrogen-bond donors (Lipinski definition) is 3. The minimum Gasteiger partial charge on any atom is -0.383 e. The van der Waals surface area contributed by atoms with Gasteiger partial charge in [-0.2, -0.15) is 0 Å². The van der Waals surface area contributed by atoms with Crippen LogP contribution in [0.1, 0.15) is 45.4 Å². The van der Waals surface area contributed by atoms with E-state index in [0.29, 0.717) is 31.7 Å². The van der Waals surface area contributed by atoms with Crippen LogP contribution in [0.3, 0.4) is 0 Å². The molecule has 1 aliphatic heterocycles. The fourth-order valence-corrected chi connectivity index (χ4v) is 2.63. The van der Waals surface area contributed by atoms with Gasteiger partial charge in [-0.15, -0.1) is 0 Å². The van der Waals surface area contributed by atoms with Crippen molar-refractivity contribution in [1.29, 1.82) is 0 Å². The second-order valence-electron chi connectivity index (χ2n) is 5.68. The van der Waals surface area contributed by atoms with Gasteiger partial charge in [-0.25, -0.2) is 0 Å². The van der Waals surface area contributed by atoms with Crippen molar-refractivity contribution >= 4 is 5.91 Å². The van der Waals surface area contributed by atoms with Crippen molar-refractivity contribution in [3.63, 3.8) is 0 Å². The molecule has 1 aliphatic rings. The van der Waals surface area contributed by atoms with Crippen molar-refractivity contribution in [1.82, 2.24) is 16.0 Å². The van der Waals surface area contributed by atoms with E-state index in [1.54, 1.807) is 7.11 Å². The molecular weight excluding hydrogens is 254 g/mol. The second-order valence-corrected chi connectivity index (χ2v) is 5.68. The molecule has 0 spiro atoms. The average Bonchev–Trinajstić information content (AvgIpc) is 2.67. The Morgan fingerprint density at radius 3 is 3.00 bits per heavy atom. The summed E-state index contributed by atoms with van der Waals surface area (Å²) in [7, 11) is 1.64. The number of ether oxygens (including phenoxy) is 1. The maximum atomic E-state index is 11.5. The Morgan fingerprint density at radius 1 is 1.35 bits per heavy atom. The van der Waals surface area contributed by atoms with Crippen LogP contribution in [-0.2, 0) is 9.53 Å². The monoisotopic (exact) mass is 285 g/mol. The van der Waals surface area contributed by atoms with Crippen molar-refractivity contribution in [2.45, 2.75) is 57.5 Å². The Morgan fingerprint density at radius 2 is 2.20 bits per heavy atom. The van der Waals surface area contributed by atoms with E-state index < -0.39 is 0 Å². The number of methoxy groups -OCH3 is 1. The van der Waals surface area contributed by atoms with Crippen LogP contribution in [-0.4, -0.2) is 51.3 Å². The van der Waals surface area contributed by atoms with Crippen molar-refractivity contribution in [2.24, 2.45) is 0 Å². The number of carbonyl (C=O) groups excluding carboxylic acids is 1. The molecular formula is C15H31N3O2. The normalized spacial score (nSPS) is 21.2. The lowest BCUT2D eigenvalue weighted by atomic mass is 10.0. The molecule has 1 rings (SSSR count). The highest BCUT2D eigenvalue weighted by Gasteiger charge is 2.14. The van der Waals surface area contributed by atoms with Crippen molar-refractivity contribution < 1.29 is 9.53 Å². The Bertz CT molecular complexity index is 254. The first-order valence-electron chi connectivity index (χ1n) is 7.94. The summed E-state index contributed by atoms with van der Waals surface area (Å²) in [4.78, 5) is 11.5. The van der Waals surface area contributed by atoms with E-state index in [9.17, 15) is 4.79 Å². The van der Waals surface area contributed by atoms with Gasteiger partial charge >= 0.3 is 0 Å². The quantitative estimate of drug-likeness (QED) is 0.554. The maximum absolute atomic E-state index is 11.5. The van der Waals surface area contributed by atoms with Crippen molar-refractivity contribution in [2.75, 3.05) is 33.4 Å². The fourth-order valence-electron chi connectivity index (χ4n) is 2.63. The van der Waals surface area contributed by atoms with Crippen molar-refractivity contribution in [3.8, 4) is 0 Å². The first-order valence-corrected chi connectivity index (χ1v) is 7.94. The van der Waals surface area contributed by atoms with Gasteiger partial charge in [0, 0.05) is 38.7 Å². The molecule has 0 aromatic carbocycles. The fraction of sp³-hybridized carbons (Fsp3) is 0.933. The van der Waals surface area contributed by atoms with E-state index in [4.69, 9.17) is 4.74 Å². The highest BCUT2D eigenvalue weighted by Crippen LogP contribution is 2.12. The molecule has 20 heavy (non-hydrogen) atoms. The van der Waals surface area contributed by atoms with Gasteiger partial charge in [-0.1, -0.05) is 12.8 Å². The molecule has 5 nitrogen and oxygen atoms in total. The van der Waals surface area contributed by atoms with E-state index in [-0.39, 0.29) is 5.91 Å². The van der Waals surface area contributed by atoms with Crippen molar-refractivity contribution in [3.05, 3.63) is 0 Å². The molecule has 5 heteroatoms. The third kappa shape index (κ3) is 8.51. The van der Waals surface area contributed by atoms with E-state index in [1.165, 1.54) is 25.7 Å². The van der Waals surface area contributed by atoms with Crippen LogP contribution in [0.2, 0.25) is 0 Å². The topological polar surface area (TPSA) is 62.4 Å². The summed E-state index contributed by atoms with van der Waals surface area (Å²) in [5.74, 6) is 0.0920. The number of nitrogens with one attached hydrogen (secondary N) is 3. The summed E-state index contributed by atoms with van der Waals surface area (Å²) in [5, 5.41) is 9.88. The van der Waals surface area contributed by atoms with Gasteiger partial charge in [0.05, 0.1) is 6.61 Å². The van der Waals surface area contributed by atoms with Gasteiger partial charge in [0.1, 0.15) is 0 Å². The molecule has 1 heterocycles. The van der Waals surface area contributed by atoms with Gasteiger partial charge < -0.3 is 20.7 Å². The molecule has 0 aliphatic carbocycles. The number of rotatable bonds is 9. The lowest BCUT2D eigenvalue weighted by Gasteiger charge is -2.21. The smallest absolute Gasteiger partial charge is 0.221 e. The first kappa shape index (κ1) is 17.4. The lowest BCUT2D eigenvalue weighted by molar-refractivity contribution is -0.121. The lowest BCUT2D eigenvalue weighted by Crippen LogP contribution is -2.38. The highest BCUT2D eigenvalue weighted by molar-refractivity contribution is 5.76. The summed E-state index contributed by atoms with van der Waals surface area (Å²) in [5.41, 5.74) is 0. The number of hydrogen-bond acceptors (Lipinski definition) is 4. The third-order valence-corrected chi connectivity index (χ3v) is 3.77. The summed E-state index contributed by atoms with van der Waals surface area (Å²) >= 11 is 0. The van der Waals surface area contributed by atoms with E-state index in [1.807, 2.05) is 0 Å². The van der Waals surface area contributed by atoms with E-state index in [2.05, 4.69) is 22.9 Å². The standard InChI is InChI=1S/C15H31N3O2/c1-13(12-14-6-4-3-5-8-17-14)16-9-7-15(19)18-10-11-20-2/h13-14,16-17H,3-12H2,1-2H3,(H,18,19). The Kier molecular flexibility index (Phi) is 9.62. The van der Waals surface area contributed by atoms with Crippen LogP contribution >= 0.6 is 0 Å². The first-order chi connectivity index (χ1) is 9.72. The zero-order valence-corrected chi connectivity index (χ0v) is 13.0. The Labute approximate surface area is 123 Å². The molecule has 0 aromatic heterocycles. The molecule has 0 radical (unpaired) electrons. The zero-order chi connectivity index (χ0) is 14.6. The van der Waals surface area contributed by atoms with Gasteiger partial charge in [-0.3, -0.25) is 4.79 Å². The molecule has 2 atom stereocenters. The minimum atomic E-state index is 0.0920. The van der Waals surface area contributed by atoms with E-state index in [0.717, 1.165) is 19.5 Å². The van der Waals surface area contributed by atoms with Crippen LogP contribution in [0.25, 0.3) is 0 Å². The number of carbonyl (C=O) groups is 1. The Balaban J connectivity index is 2.04. The minimum absolute atomic E-state index is 0.0920. The largest absolute Gasteiger partial charge is 0.383 e. The van der Waals surface area contributed by atoms with E-state index >= 15 is 0 Å².